The fraction of sp³-hybridized carbons (Fsp3) is 0.500. The van der Waals surface area contributed by atoms with Crippen molar-refractivity contribution >= 4 is 11.6 Å². The Kier molecular flexibility index (Phi) is 6.32. The quantitative estimate of drug-likeness (QED) is 0.636. The van der Waals surface area contributed by atoms with E-state index in [1.54, 1.807) is 19.2 Å². The number of hydrogen-bond acceptors (Lipinski definition) is 4. The summed E-state index contributed by atoms with van der Waals surface area (Å²) in [5.41, 5.74) is 7.10. The summed E-state index contributed by atoms with van der Waals surface area (Å²) in [7, 11) is 1.61. The first-order valence-corrected chi connectivity index (χ1v) is 6.53. The Morgan fingerprint density at radius 2 is 2.05 bits per heavy atom. The third-order valence-corrected chi connectivity index (χ3v) is 2.94. The summed E-state index contributed by atoms with van der Waals surface area (Å²) in [5, 5.41) is 12.8. The first-order chi connectivity index (χ1) is 9.06. The Labute approximate surface area is 114 Å². The molecule has 0 saturated heterocycles. The Morgan fingerprint density at radius 3 is 2.58 bits per heavy atom. The summed E-state index contributed by atoms with van der Waals surface area (Å²) in [6.45, 7) is 3.56. The van der Waals surface area contributed by atoms with Crippen molar-refractivity contribution in [2.75, 3.05) is 32.4 Å². The number of carbonyl (C=O) groups excluding carboxylic acids is 1. The molecule has 4 N–H and O–H groups in total. The van der Waals surface area contributed by atoms with Crippen LogP contribution in [0.2, 0.25) is 0 Å². The number of hydrogen-bond donors (Lipinski definition) is 3. The van der Waals surface area contributed by atoms with Crippen molar-refractivity contribution in [3.63, 3.8) is 0 Å². The molecule has 0 aliphatic heterocycles. The number of nitrogens with one attached hydrogen (secondary N) is 1. The third kappa shape index (κ3) is 5.28. The van der Waals surface area contributed by atoms with Gasteiger partial charge in [0.25, 0.3) is 0 Å². The zero-order valence-corrected chi connectivity index (χ0v) is 11.6. The molecule has 0 saturated carbocycles. The highest BCUT2D eigenvalue weighted by Crippen LogP contribution is 2.16. The van der Waals surface area contributed by atoms with E-state index in [0.717, 1.165) is 18.5 Å². The van der Waals surface area contributed by atoms with E-state index in [4.69, 9.17) is 5.73 Å². The van der Waals surface area contributed by atoms with Crippen LogP contribution in [0.5, 0.6) is 0 Å². The Balaban J connectivity index is 2.62. The molecule has 0 spiro atoms. The van der Waals surface area contributed by atoms with Gasteiger partial charge in [-0.3, -0.25) is 9.69 Å². The van der Waals surface area contributed by atoms with Crippen LogP contribution in [0, 0.1) is 0 Å². The van der Waals surface area contributed by atoms with Gasteiger partial charge >= 0.3 is 0 Å². The van der Waals surface area contributed by atoms with Crippen LogP contribution in [0.1, 0.15) is 25.0 Å². The third-order valence-electron chi connectivity index (χ3n) is 2.94. The normalized spacial score (nSPS) is 12.4. The smallest absolute Gasteiger partial charge is 0.233 e. The van der Waals surface area contributed by atoms with E-state index < -0.39 is 6.10 Å². The molecule has 1 unspecified atom stereocenters. The molecule has 0 aliphatic rings. The summed E-state index contributed by atoms with van der Waals surface area (Å²) in [4.78, 5) is 13.4. The van der Waals surface area contributed by atoms with Crippen molar-refractivity contribution in [1.82, 2.24) is 10.2 Å². The average molecular weight is 265 g/mol. The van der Waals surface area contributed by atoms with Crippen LogP contribution < -0.4 is 11.1 Å². The molecule has 0 bridgehead atoms. The van der Waals surface area contributed by atoms with Gasteiger partial charge in [0, 0.05) is 19.3 Å². The molecule has 0 aliphatic carbocycles. The average Bonchev–Trinajstić information content (AvgIpc) is 2.39. The number of nitrogen functional groups attached to an aromatic ring is 1. The maximum atomic E-state index is 11.4. The molecule has 1 atom stereocenters. The highest BCUT2D eigenvalue weighted by Gasteiger charge is 2.15. The number of anilines is 1. The van der Waals surface area contributed by atoms with Crippen molar-refractivity contribution in [2.45, 2.75) is 19.4 Å². The highest BCUT2D eigenvalue weighted by atomic mass is 16.3. The molecular formula is C14H23N3O2. The molecule has 5 heteroatoms. The summed E-state index contributed by atoms with van der Waals surface area (Å²) in [6, 6.07) is 7.15. The van der Waals surface area contributed by atoms with E-state index >= 15 is 0 Å². The number of likely N-dealkylation sites (N-methyl/N-ethyl adjacent to an activating group) is 1. The van der Waals surface area contributed by atoms with Crippen LogP contribution in [0.25, 0.3) is 0 Å². The molecule has 106 valence electrons. The van der Waals surface area contributed by atoms with E-state index in [1.165, 1.54) is 0 Å². The number of benzene rings is 1. The van der Waals surface area contributed by atoms with Crippen LogP contribution in [0.15, 0.2) is 24.3 Å². The van der Waals surface area contributed by atoms with E-state index in [1.807, 2.05) is 24.0 Å². The zero-order chi connectivity index (χ0) is 14.3. The number of nitrogens with zero attached hydrogens (tertiary/aromatic N) is 1. The molecule has 1 rings (SSSR count). The van der Waals surface area contributed by atoms with Crippen molar-refractivity contribution in [1.29, 1.82) is 0 Å². The summed E-state index contributed by atoms with van der Waals surface area (Å²) in [5.74, 6) is -0.0436. The minimum absolute atomic E-state index is 0.0436. The molecule has 1 amide bonds. The van der Waals surface area contributed by atoms with E-state index in [9.17, 15) is 9.90 Å². The second-order valence-corrected chi connectivity index (χ2v) is 4.59. The summed E-state index contributed by atoms with van der Waals surface area (Å²) >= 11 is 0. The topological polar surface area (TPSA) is 78.6 Å². The van der Waals surface area contributed by atoms with Crippen LogP contribution in [0.4, 0.5) is 5.69 Å². The van der Waals surface area contributed by atoms with Crippen molar-refractivity contribution < 1.29 is 9.90 Å². The lowest BCUT2D eigenvalue weighted by Crippen LogP contribution is -2.38. The Bertz CT molecular complexity index is 392. The second kappa shape index (κ2) is 7.76. The Morgan fingerprint density at radius 1 is 1.42 bits per heavy atom. The van der Waals surface area contributed by atoms with E-state index in [0.29, 0.717) is 18.8 Å². The molecule has 0 radical (unpaired) electrons. The molecule has 0 aromatic heterocycles. The fourth-order valence-electron chi connectivity index (χ4n) is 1.90. The summed E-state index contributed by atoms with van der Waals surface area (Å²) in [6.07, 6.45) is 0.322. The molecule has 1 aromatic carbocycles. The minimum Gasteiger partial charge on any atom is -0.399 e. The van der Waals surface area contributed by atoms with E-state index in [-0.39, 0.29) is 5.91 Å². The molecule has 0 fully saturated rings. The second-order valence-electron chi connectivity index (χ2n) is 4.59. The Hall–Kier alpha value is -1.59. The van der Waals surface area contributed by atoms with Gasteiger partial charge < -0.3 is 16.2 Å². The number of nitrogens with two attached hydrogens (primary N) is 1. The fourth-order valence-corrected chi connectivity index (χ4v) is 1.90. The van der Waals surface area contributed by atoms with E-state index in [2.05, 4.69) is 5.32 Å². The zero-order valence-electron chi connectivity index (χ0n) is 11.6. The monoisotopic (exact) mass is 265 g/mol. The number of aliphatic hydroxyl groups is 1. The first kappa shape index (κ1) is 15.5. The van der Waals surface area contributed by atoms with Crippen LogP contribution >= 0.6 is 0 Å². The van der Waals surface area contributed by atoms with Crippen LogP contribution in [-0.4, -0.2) is 42.6 Å². The molecular weight excluding hydrogens is 242 g/mol. The van der Waals surface area contributed by atoms with Gasteiger partial charge in [0.2, 0.25) is 5.91 Å². The maximum Gasteiger partial charge on any atom is 0.233 e. The van der Waals surface area contributed by atoms with Gasteiger partial charge in [-0.1, -0.05) is 19.1 Å². The minimum atomic E-state index is -0.614. The van der Waals surface area contributed by atoms with Gasteiger partial charge in [-0.2, -0.15) is 0 Å². The first-order valence-electron chi connectivity index (χ1n) is 6.53. The van der Waals surface area contributed by atoms with Crippen molar-refractivity contribution in [2.24, 2.45) is 0 Å². The van der Waals surface area contributed by atoms with Crippen LogP contribution in [0.3, 0.4) is 0 Å². The number of aliphatic hydroxyl groups excluding tert-OH is 1. The lowest BCUT2D eigenvalue weighted by atomic mass is 10.1. The number of amides is 1. The predicted octanol–water partition coefficient (Wildman–Crippen LogP) is 0.760. The molecule has 5 nitrogen and oxygen atoms in total. The highest BCUT2D eigenvalue weighted by molar-refractivity contribution is 5.77. The summed E-state index contributed by atoms with van der Waals surface area (Å²) < 4.78 is 0. The van der Waals surface area contributed by atoms with Gasteiger partial charge in [-0.25, -0.2) is 0 Å². The standard InChI is InChI=1S/C14H23N3O2/c1-3-8-17(10-14(19)16-2)9-13(18)11-4-6-12(15)7-5-11/h4-7,13,18H,3,8-10,15H2,1-2H3,(H,16,19). The van der Waals surface area contributed by atoms with Gasteiger partial charge in [-0.15, -0.1) is 0 Å². The van der Waals surface area contributed by atoms with Crippen molar-refractivity contribution in [3.8, 4) is 0 Å². The van der Waals surface area contributed by atoms with Gasteiger partial charge in [0.1, 0.15) is 0 Å². The molecule has 0 heterocycles. The molecule has 19 heavy (non-hydrogen) atoms. The van der Waals surface area contributed by atoms with Crippen molar-refractivity contribution in [3.05, 3.63) is 29.8 Å². The number of carbonyl (C=O) groups is 1. The van der Waals surface area contributed by atoms with Gasteiger partial charge in [-0.05, 0) is 30.7 Å². The lowest BCUT2D eigenvalue weighted by Gasteiger charge is -2.24. The van der Waals surface area contributed by atoms with Crippen LogP contribution in [-0.2, 0) is 4.79 Å². The largest absolute Gasteiger partial charge is 0.399 e. The lowest BCUT2D eigenvalue weighted by molar-refractivity contribution is -0.122. The number of rotatable bonds is 7. The maximum absolute atomic E-state index is 11.4. The van der Waals surface area contributed by atoms with Gasteiger partial charge in [0.05, 0.1) is 12.6 Å². The van der Waals surface area contributed by atoms with Gasteiger partial charge in [0.15, 0.2) is 0 Å². The SMILES string of the molecule is CCCN(CC(=O)NC)CC(O)c1ccc(N)cc1. The molecule has 1 aromatic rings. The predicted molar refractivity (Wildman–Crippen MR) is 76.6 cm³/mol.